The molecule has 0 radical (unpaired) electrons. The molecule has 0 aliphatic carbocycles. The Balaban J connectivity index is 0.00000112. The Morgan fingerprint density at radius 3 is 3.20 bits per heavy atom. The number of rotatable bonds is 1. The number of hydrogen-bond acceptors (Lipinski definition) is 3. The molecule has 0 spiro atoms. The molecule has 1 aliphatic rings. The van der Waals surface area contributed by atoms with Crippen LogP contribution in [0.1, 0.15) is 18.0 Å². The van der Waals surface area contributed by atoms with Crippen molar-refractivity contribution in [2.24, 2.45) is 0 Å². The maximum atomic E-state index is 5.83. The molecule has 2 rings (SSSR count). The molecule has 1 N–H and O–H groups in total. The molecular weight excluding hydrogens is 235 g/mol. The molecule has 0 bridgehead atoms. The van der Waals surface area contributed by atoms with Gasteiger partial charge in [0.05, 0.1) is 12.6 Å². The van der Waals surface area contributed by atoms with Gasteiger partial charge in [0.25, 0.3) is 0 Å². The third kappa shape index (κ3) is 3.61. The second-order valence-corrected chi connectivity index (χ2v) is 3.73. The SMILES string of the molecule is Cl.Clc1cc(C2COCCCN2)ccn1. The predicted octanol–water partition coefficient (Wildman–Crippen LogP) is 2.21. The first-order chi connectivity index (χ1) is 6.86. The molecule has 1 aliphatic heterocycles. The molecule has 1 atom stereocenters. The summed E-state index contributed by atoms with van der Waals surface area (Å²) in [5.74, 6) is 0. The van der Waals surface area contributed by atoms with Crippen molar-refractivity contribution in [3.63, 3.8) is 0 Å². The molecule has 0 amide bonds. The zero-order valence-electron chi connectivity index (χ0n) is 8.28. The van der Waals surface area contributed by atoms with Gasteiger partial charge in [-0.25, -0.2) is 4.98 Å². The van der Waals surface area contributed by atoms with Crippen molar-refractivity contribution in [2.75, 3.05) is 19.8 Å². The van der Waals surface area contributed by atoms with Crippen LogP contribution >= 0.6 is 24.0 Å². The van der Waals surface area contributed by atoms with Crippen LogP contribution in [0.3, 0.4) is 0 Å². The van der Waals surface area contributed by atoms with Gasteiger partial charge in [-0.15, -0.1) is 12.4 Å². The van der Waals surface area contributed by atoms with Crippen molar-refractivity contribution in [1.29, 1.82) is 0 Å². The van der Waals surface area contributed by atoms with E-state index in [1.807, 2.05) is 12.1 Å². The van der Waals surface area contributed by atoms with Crippen LogP contribution in [0, 0.1) is 0 Å². The van der Waals surface area contributed by atoms with Crippen molar-refractivity contribution < 1.29 is 4.74 Å². The lowest BCUT2D eigenvalue weighted by atomic mass is 10.1. The van der Waals surface area contributed by atoms with Crippen LogP contribution < -0.4 is 5.32 Å². The second kappa shape index (κ2) is 6.28. The van der Waals surface area contributed by atoms with Crippen LogP contribution in [0.15, 0.2) is 18.3 Å². The zero-order valence-corrected chi connectivity index (χ0v) is 9.85. The van der Waals surface area contributed by atoms with Crippen LogP contribution in [-0.2, 0) is 4.74 Å². The van der Waals surface area contributed by atoms with Gasteiger partial charge in [0.2, 0.25) is 0 Å². The van der Waals surface area contributed by atoms with Gasteiger partial charge in [0.15, 0.2) is 0 Å². The first-order valence-corrected chi connectivity index (χ1v) is 5.16. The second-order valence-electron chi connectivity index (χ2n) is 3.35. The number of ether oxygens (including phenoxy) is 1. The van der Waals surface area contributed by atoms with E-state index in [0.717, 1.165) is 25.1 Å². The summed E-state index contributed by atoms with van der Waals surface area (Å²) in [6, 6.07) is 4.10. The van der Waals surface area contributed by atoms with Crippen molar-refractivity contribution in [3.8, 4) is 0 Å². The molecule has 1 aromatic heterocycles. The summed E-state index contributed by atoms with van der Waals surface area (Å²) < 4.78 is 5.48. The molecule has 1 saturated heterocycles. The van der Waals surface area contributed by atoms with E-state index >= 15 is 0 Å². The average molecular weight is 249 g/mol. The lowest BCUT2D eigenvalue weighted by molar-refractivity contribution is 0.131. The van der Waals surface area contributed by atoms with Crippen LogP contribution in [0.4, 0.5) is 0 Å². The van der Waals surface area contributed by atoms with Crippen molar-refractivity contribution in [2.45, 2.75) is 12.5 Å². The monoisotopic (exact) mass is 248 g/mol. The van der Waals surface area contributed by atoms with Crippen LogP contribution in [0.2, 0.25) is 5.15 Å². The smallest absolute Gasteiger partial charge is 0.129 e. The maximum absolute atomic E-state index is 5.83. The number of aromatic nitrogens is 1. The molecule has 1 aromatic rings. The highest BCUT2D eigenvalue weighted by Gasteiger charge is 2.13. The topological polar surface area (TPSA) is 34.1 Å². The van der Waals surface area contributed by atoms with Gasteiger partial charge >= 0.3 is 0 Å². The van der Waals surface area contributed by atoms with Gasteiger partial charge in [-0.05, 0) is 30.7 Å². The fourth-order valence-electron chi connectivity index (χ4n) is 1.56. The Kier molecular flexibility index (Phi) is 5.32. The Labute approximate surface area is 101 Å². The highest BCUT2D eigenvalue weighted by Crippen LogP contribution is 2.17. The lowest BCUT2D eigenvalue weighted by Gasteiger charge is -2.15. The minimum absolute atomic E-state index is 0. The molecular formula is C10H14Cl2N2O. The minimum atomic E-state index is 0. The van der Waals surface area contributed by atoms with E-state index in [0.29, 0.717) is 11.8 Å². The van der Waals surface area contributed by atoms with E-state index in [1.165, 1.54) is 0 Å². The molecule has 2 heterocycles. The molecule has 0 aromatic carbocycles. The standard InChI is InChI=1S/C10H13ClN2O.ClH/c11-10-6-8(2-4-13-10)9-7-14-5-1-3-12-9;/h2,4,6,9,12H,1,3,5,7H2;1H. The Morgan fingerprint density at radius 1 is 1.53 bits per heavy atom. The molecule has 84 valence electrons. The number of halogens is 2. The first-order valence-electron chi connectivity index (χ1n) is 4.79. The Hall–Kier alpha value is -0.350. The summed E-state index contributed by atoms with van der Waals surface area (Å²) in [6.45, 7) is 2.53. The average Bonchev–Trinajstić information content (AvgIpc) is 2.45. The van der Waals surface area contributed by atoms with E-state index in [9.17, 15) is 0 Å². The normalized spacial score (nSPS) is 21.5. The Bertz CT molecular complexity index is 301. The van der Waals surface area contributed by atoms with Gasteiger partial charge in [0.1, 0.15) is 5.15 Å². The Morgan fingerprint density at radius 2 is 2.40 bits per heavy atom. The fourth-order valence-corrected chi connectivity index (χ4v) is 1.74. The summed E-state index contributed by atoms with van der Waals surface area (Å²) in [5, 5.41) is 3.95. The molecule has 3 nitrogen and oxygen atoms in total. The largest absolute Gasteiger partial charge is 0.379 e. The quantitative estimate of drug-likeness (QED) is 0.775. The summed E-state index contributed by atoms with van der Waals surface area (Å²) in [7, 11) is 0. The first kappa shape index (κ1) is 12.7. The molecule has 15 heavy (non-hydrogen) atoms. The predicted molar refractivity (Wildman–Crippen MR) is 62.7 cm³/mol. The van der Waals surface area contributed by atoms with Crippen LogP contribution in [0.25, 0.3) is 0 Å². The third-order valence-electron chi connectivity index (χ3n) is 2.29. The molecule has 0 saturated carbocycles. The summed E-state index contributed by atoms with van der Waals surface area (Å²) >= 11 is 5.83. The number of hydrogen-bond donors (Lipinski definition) is 1. The summed E-state index contributed by atoms with van der Waals surface area (Å²) in [5.41, 5.74) is 1.15. The maximum Gasteiger partial charge on any atom is 0.129 e. The third-order valence-corrected chi connectivity index (χ3v) is 2.50. The van der Waals surface area contributed by atoms with Crippen molar-refractivity contribution in [1.82, 2.24) is 10.3 Å². The number of nitrogens with zero attached hydrogens (tertiary/aromatic N) is 1. The molecule has 1 fully saturated rings. The highest BCUT2D eigenvalue weighted by atomic mass is 35.5. The van der Waals surface area contributed by atoms with Crippen molar-refractivity contribution in [3.05, 3.63) is 29.0 Å². The molecule has 1 unspecified atom stereocenters. The number of nitrogens with one attached hydrogen (secondary N) is 1. The van der Waals surface area contributed by atoms with E-state index in [4.69, 9.17) is 16.3 Å². The lowest BCUT2D eigenvalue weighted by Crippen LogP contribution is -2.23. The summed E-state index contributed by atoms with van der Waals surface area (Å²) in [6.07, 6.45) is 2.79. The fraction of sp³-hybridized carbons (Fsp3) is 0.500. The van der Waals surface area contributed by atoms with Gasteiger partial charge in [0, 0.05) is 12.8 Å². The van der Waals surface area contributed by atoms with Crippen LogP contribution in [-0.4, -0.2) is 24.7 Å². The zero-order chi connectivity index (χ0) is 9.80. The van der Waals surface area contributed by atoms with Gasteiger partial charge in [-0.2, -0.15) is 0 Å². The summed E-state index contributed by atoms with van der Waals surface area (Å²) in [4.78, 5) is 3.95. The number of pyridine rings is 1. The van der Waals surface area contributed by atoms with E-state index in [2.05, 4.69) is 10.3 Å². The minimum Gasteiger partial charge on any atom is -0.379 e. The van der Waals surface area contributed by atoms with Gasteiger partial charge < -0.3 is 10.1 Å². The van der Waals surface area contributed by atoms with E-state index in [-0.39, 0.29) is 18.4 Å². The van der Waals surface area contributed by atoms with Crippen LogP contribution in [0.5, 0.6) is 0 Å². The van der Waals surface area contributed by atoms with E-state index < -0.39 is 0 Å². The molecule has 5 heteroatoms. The van der Waals surface area contributed by atoms with Crippen molar-refractivity contribution >= 4 is 24.0 Å². The highest BCUT2D eigenvalue weighted by molar-refractivity contribution is 6.29. The van der Waals surface area contributed by atoms with E-state index in [1.54, 1.807) is 6.20 Å². The van der Waals surface area contributed by atoms with Gasteiger partial charge in [-0.3, -0.25) is 0 Å². The van der Waals surface area contributed by atoms with Gasteiger partial charge in [-0.1, -0.05) is 11.6 Å².